The number of benzene rings is 1. The van der Waals surface area contributed by atoms with Crippen LogP contribution in [-0.2, 0) is 10.0 Å². The molecular weight excluding hydrogens is 298 g/mol. The van der Waals surface area contributed by atoms with Gasteiger partial charge in [0.05, 0.1) is 15.5 Å². The Kier molecular flexibility index (Phi) is 5.54. The van der Waals surface area contributed by atoms with Crippen molar-refractivity contribution in [3.63, 3.8) is 0 Å². The van der Waals surface area contributed by atoms with E-state index in [1.807, 2.05) is 19.9 Å². The fraction of sp³-hybridized carbons (Fsp3) is 0.462. The van der Waals surface area contributed by atoms with Crippen LogP contribution in [0.2, 0.25) is 5.02 Å². The van der Waals surface area contributed by atoms with Crippen LogP contribution in [0, 0.1) is 11.3 Å². The van der Waals surface area contributed by atoms with Crippen LogP contribution in [0.1, 0.15) is 32.3 Å². The number of halogens is 1. The van der Waals surface area contributed by atoms with Gasteiger partial charge in [0.25, 0.3) is 0 Å². The Morgan fingerprint density at radius 2 is 2.00 bits per heavy atom. The van der Waals surface area contributed by atoms with Gasteiger partial charge in [0, 0.05) is 12.1 Å². The molecule has 20 heavy (non-hydrogen) atoms. The average Bonchev–Trinajstić information content (AvgIpc) is 2.45. The molecular formula is C13H18ClN3O2S. The smallest absolute Gasteiger partial charge is 0.240 e. The van der Waals surface area contributed by atoms with Crippen LogP contribution in [0.25, 0.3) is 0 Å². The van der Waals surface area contributed by atoms with Crippen molar-refractivity contribution in [1.82, 2.24) is 4.72 Å². The monoisotopic (exact) mass is 315 g/mol. The van der Waals surface area contributed by atoms with Crippen LogP contribution in [0.4, 0.5) is 0 Å². The molecule has 3 N–H and O–H groups in total. The third-order valence-electron chi connectivity index (χ3n) is 3.39. The summed E-state index contributed by atoms with van der Waals surface area (Å²) in [6, 6.07) is 5.86. The molecule has 0 spiro atoms. The summed E-state index contributed by atoms with van der Waals surface area (Å²) < 4.78 is 26.8. The van der Waals surface area contributed by atoms with Gasteiger partial charge >= 0.3 is 0 Å². The number of nitrogens with zero attached hydrogens (tertiary/aromatic N) is 1. The molecule has 0 fully saturated rings. The summed E-state index contributed by atoms with van der Waals surface area (Å²) in [5.41, 5.74) is 5.61. The Labute approximate surface area is 124 Å². The Hall–Kier alpha value is -1.13. The molecule has 0 bridgehead atoms. The van der Waals surface area contributed by atoms with Gasteiger partial charge in [-0.2, -0.15) is 5.26 Å². The zero-order valence-corrected chi connectivity index (χ0v) is 13.1. The maximum Gasteiger partial charge on any atom is 0.240 e. The van der Waals surface area contributed by atoms with Crippen molar-refractivity contribution in [1.29, 1.82) is 5.26 Å². The lowest BCUT2D eigenvalue weighted by Gasteiger charge is -2.26. The third kappa shape index (κ3) is 3.93. The quantitative estimate of drug-likeness (QED) is 0.839. The number of nitrogens with two attached hydrogens (primary N) is 1. The molecule has 1 aromatic rings. The second-order valence-electron chi connectivity index (χ2n) is 4.65. The first-order valence-corrected chi connectivity index (χ1v) is 8.12. The number of nitriles is 1. The van der Waals surface area contributed by atoms with E-state index in [0.29, 0.717) is 12.8 Å². The summed E-state index contributed by atoms with van der Waals surface area (Å²) in [4.78, 5) is 0.00741. The molecule has 0 amide bonds. The maximum atomic E-state index is 12.2. The molecule has 1 rings (SSSR count). The summed E-state index contributed by atoms with van der Waals surface area (Å²) >= 11 is 5.78. The zero-order chi connectivity index (χ0) is 15.4. The lowest BCUT2D eigenvalue weighted by Crippen LogP contribution is -2.49. The lowest BCUT2D eigenvalue weighted by atomic mass is 9.95. The summed E-state index contributed by atoms with van der Waals surface area (Å²) in [6.07, 6.45) is 1.33. The van der Waals surface area contributed by atoms with E-state index in [4.69, 9.17) is 22.6 Å². The van der Waals surface area contributed by atoms with Crippen LogP contribution in [-0.4, -0.2) is 20.5 Å². The number of rotatable bonds is 6. The van der Waals surface area contributed by atoms with E-state index < -0.39 is 15.6 Å². The second-order valence-corrected chi connectivity index (χ2v) is 6.82. The number of hydrogen-bond donors (Lipinski definition) is 2. The first-order chi connectivity index (χ1) is 9.28. The van der Waals surface area contributed by atoms with E-state index in [9.17, 15) is 8.42 Å². The Bertz CT molecular complexity index is 619. The maximum absolute atomic E-state index is 12.2. The molecule has 0 saturated carbocycles. The summed E-state index contributed by atoms with van der Waals surface area (Å²) in [5.74, 6) is 0. The van der Waals surface area contributed by atoms with Crippen LogP contribution in [0.15, 0.2) is 23.1 Å². The van der Waals surface area contributed by atoms with Crippen LogP contribution in [0.3, 0.4) is 0 Å². The molecule has 0 unspecified atom stereocenters. The molecule has 5 nitrogen and oxygen atoms in total. The molecule has 0 atom stereocenters. The molecule has 0 heterocycles. The zero-order valence-electron chi connectivity index (χ0n) is 11.5. The number of hydrogen-bond acceptors (Lipinski definition) is 4. The Balaban J connectivity index is 2.98. The topological polar surface area (TPSA) is 96.0 Å². The van der Waals surface area contributed by atoms with Crippen molar-refractivity contribution in [2.24, 2.45) is 5.73 Å². The molecule has 0 aliphatic rings. The van der Waals surface area contributed by atoms with Gasteiger partial charge in [-0.05, 0) is 31.0 Å². The fourth-order valence-electron chi connectivity index (χ4n) is 1.58. The van der Waals surface area contributed by atoms with Gasteiger partial charge < -0.3 is 5.73 Å². The van der Waals surface area contributed by atoms with Gasteiger partial charge in [-0.1, -0.05) is 25.4 Å². The van der Waals surface area contributed by atoms with E-state index in [0.717, 1.165) is 0 Å². The molecule has 0 radical (unpaired) electrons. The van der Waals surface area contributed by atoms with Crippen molar-refractivity contribution < 1.29 is 8.42 Å². The Morgan fingerprint density at radius 1 is 1.40 bits per heavy atom. The van der Waals surface area contributed by atoms with Gasteiger partial charge in [-0.3, -0.25) is 0 Å². The van der Waals surface area contributed by atoms with Crippen LogP contribution < -0.4 is 10.5 Å². The lowest BCUT2D eigenvalue weighted by molar-refractivity contribution is 0.392. The van der Waals surface area contributed by atoms with Crippen LogP contribution >= 0.6 is 11.6 Å². The number of sulfonamides is 1. The molecule has 0 aliphatic heterocycles. The SMILES string of the molecule is CCC(N)(CC)CNS(=O)(=O)c1ccc(Cl)c(C#N)c1. The summed E-state index contributed by atoms with van der Waals surface area (Å²) in [7, 11) is -3.70. The highest BCUT2D eigenvalue weighted by atomic mass is 35.5. The molecule has 0 aliphatic carbocycles. The van der Waals surface area contributed by atoms with Crippen molar-refractivity contribution in [3.05, 3.63) is 28.8 Å². The highest BCUT2D eigenvalue weighted by Crippen LogP contribution is 2.20. The predicted molar refractivity (Wildman–Crippen MR) is 78.9 cm³/mol. The van der Waals surface area contributed by atoms with Crippen molar-refractivity contribution in [2.75, 3.05) is 6.54 Å². The van der Waals surface area contributed by atoms with Gasteiger partial charge in [0.15, 0.2) is 0 Å². The minimum atomic E-state index is -3.70. The van der Waals surface area contributed by atoms with E-state index >= 15 is 0 Å². The summed E-state index contributed by atoms with van der Waals surface area (Å²) in [5, 5.41) is 9.10. The van der Waals surface area contributed by atoms with Gasteiger partial charge in [-0.15, -0.1) is 0 Å². The minimum absolute atomic E-state index is 0.00741. The van der Waals surface area contributed by atoms with Crippen molar-refractivity contribution in [3.8, 4) is 6.07 Å². The normalized spacial score (nSPS) is 12.2. The van der Waals surface area contributed by atoms with Gasteiger partial charge in [0.1, 0.15) is 6.07 Å². The standard InChI is InChI=1S/C13H18ClN3O2S/c1-3-13(16,4-2)9-17-20(18,19)11-5-6-12(14)10(7-11)8-15/h5-7,17H,3-4,9,16H2,1-2H3. The number of nitrogens with one attached hydrogen (secondary N) is 1. The average molecular weight is 316 g/mol. The molecule has 7 heteroatoms. The minimum Gasteiger partial charge on any atom is -0.324 e. The first kappa shape index (κ1) is 16.9. The largest absolute Gasteiger partial charge is 0.324 e. The van der Waals surface area contributed by atoms with Gasteiger partial charge in [0.2, 0.25) is 10.0 Å². The fourth-order valence-corrected chi connectivity index (χ4v) is 2.90. The molecule has 1 aromatic carbocycles. The molecule has 110 valence electrons. The third-order valence-corrected chi connectivity index (χ3v) is 5.12. The first-order valence-electron chi connectivity index (χ1n) is 6.26. The second kappa shape index (κ2) is 6.55. The predicted octanol–water partition coefficient (Wildman–Crippen LogP) is 2.01. The van der Waals surface area contributed by atoms with Crippen molar-refractivity contribution >= 4 is 21.6 Å². The summed E-state index contributed by atoms with van der Waals surface area (Å²) in [6.45, 7) is 3.97. The van der Waals surface area contributed by atoms with E-state index in [-0.39, 0.29) is 22.0 Å². The highest BCUT2D eigenvalue weighted by molar-refractivity contribution is 7.89. The van der Waals surface area contributed by atoms with Crippen molar-refractivity contribution in [2.45, 2.75) is 37.1 Å². The van der Waals surface area contributed by atoms with E-state index in [2.05, 4.69) is 4.72 Å². The van der Waals surface area contributed by atoms with E-state index in [1.165, 1.54) is 18.2 Å². The highest BCUT2D eigenvalue weighted by Gasteiger charge is 2.24. The van der Waals surface area contributed by atoms with E-state index in [1.54, 1.807) is 0 Å². The van der Waals surface area contributed by atoms with Crippen LogP contribution in [0.5, 0.6) is 0 Å². The Morgan fingerprint density at radius 3 is 2.50 bits per heavy atom. The van der Waals surface area contributed by atoms with Gasteiger partial charge in [-0.25, -0.2) is 13.1 Å². The molecule has 0 saturated heterocycles. The molecule has 0 aromatic heterocycles.